The number of sulfonamides is 1. The van der Waals surface area contributed by atoms with Crippen LogP contribution in [0.4, 0.5) is 11.4 Å². The number of rotatable bonds is 8. The van der Waals surface area contributed by atoms with Crippen molar-refractivity contribution in [1.82, 2.24) is 5.32 Å². The summed E-state index contributed by atoms with van der Waals surface area (Å²) in [6.45, 7) is 7.00. The van der Waals surface area contributed by atoms with Crippen LogP contribution in [-0.4, -0.2) is 31.5 Å². The zero-order valence-corrected chi connectivity index (χ0v) is 18.6. The molecular weight excluding hydrogens is 406 g/mol. The van der Waals surface area contributed by atoms with E-state index in [0.29, 0.717) is 12.0 Å². The van der Waals surface area contributed by atoms with Gasteiger partial charge in [0.2, 0.25) is 15.9 Å². The molecule has 0 radical (unpaired) electrons. The first kappa shape index (κ1) is 23.3. The third-order valence-corrected chi connectivity index (χ3v) is 6.16. The summed E-state index contributed by atoms with van der Waals surface area (Å²) in [6.07, 6.45) is 1.60. The Balaban J connectivity index is 2.39. The molecule has 8 nitrogen and oxygen atoms in total. The van der Waals surface area contributed by atoms with Crippen LogP contribution < -0.4 is 9.62 Å². The van der Waals surface area contributed by atoms with E-state index >= 15 is 0 Å². The van der Waals surface area contributed by atoms with Gasteiger partial charge in [0.25, 0.3) is 5.69 Å². The van der Waals surface area contributed by atoms with E-state index < -0.39 is 26.9 Å². The number of nitrogens with one attached hydrogen (secondary N) is 1. The molecule has 0 fully saturated rings. The number of amides is 1. The Morgan fingerprint density at radius 2 is 1.77 bits per heavy atom. The number of nitrogens with zero attached hydrogens (tertiary/aromatic N) is 2. The van der Waals surface area contributed by atoms with Crippen molar-refractivity contribution in [1.29, 1.82) is 0 Å². The van der Waals surface area contributed by atoms with Gasteiger partial charge < -0.3 is 5.32 Å². The first-order valence-corrected chi connectivity index (χ1v) is 11.4. The van der Waals surface area contributed by atoms with Gasteiger partial charge in [-0.1, -0.05) is 42.8 Å². The molecule has 0 unspecified atom stereocenters. The van der Waals surface area contributed by atoms with Gasteiger partial charge in [0, 0.05) is 12.1 Å². The third-order valence-electron chi connectivity index (χ3n) is 4.93. The van der Waals surface area contributed by atoms with Crippen LogP contribution in [0.2, 0.25) is 0 Å². The number of hydrogen-bond acceptors (Lipinski definition) is 5. The minimum Gasteiger partial charge on any atom is -0.347 e. The highest BCUT2D eigenvalue weighted by atomic mass is 32.2. The molecule has 2 aromatic carbocycles. The van der Waals surface area contributed by atoms with E-state index in [0.717, 1.165) is 21.7 Å². The Hall–Kier alpha value is -2.94. The van der Waals surface area contributed by atoms with Crippen LogP contribution in [0.1, 0.15) is 43.0 Å². The summed E-state index contributed by atoms with van der Waals surface area (Å²) < 4.78 is 26.0. The fraction of sp³-hybridized carbons (Fsp3) is 0.381. The lowest BCUT2D eigenvalue weighted by molar-refractivity contribution is -0.384. The summed E-state index contributed by atoms with van der Waals surface area (Å²) in [5.41, 5.74) is 2.38. The molecule has 0 aliphatic rings. The molecule has 2 rings (SSSR count). The monoisotopic (exact) mass is 433 g/mol. The van der Waals surface area contributed by atoms with Crippen molar-refractivity contribution in [3.8, 4) is 0 Å². The van der Waals surface area contributed by atoms with Crippen LogP contribution in [0, 0.1) is 24.0 Å². The molecule has 0 aliphatic heterocycles. The van der Waals surface area contributed by atoms with Crippen LogP contribution >= 0.6 is 0 Å². The van der Waals surface area contributed by atoms with E-state index in [1.54, 1.807) is 6.92 Å². The molecule has 9 heteroatoms. The lowest BCUT2D eigenvalue weighted by Gasteiger charge is -2.30. The summed E-state index contributed by atoms with van der Waals surface area (Å²) >= 11 is 0. The average Bonchev–Trinajstić information content (AvgIpc) is 2.67. The largest absolute Gasteiger partial charge is 0.347 e. The zero-order chi connectivity index (χ0) is 22.6. The van der Waals surface area contributed by atoms with Gasteiger partial charge in [0.15, 0.2) is 0 Å². The topological polar surface area (TPSA) is 110 Å². The van der Waals surface area contributed by atoms with Gasteiger partial charge in [-0.05, 0) is 38.3 Å². The summed E-state index contributed by atoms with van der Waals surface area (Å²) in [6, 6.07) is 10.3. The average molecular weight is 434 g/mol. The number of nitro benzene ring substituents is 1. The Labute approximate surface area is 177 Å². The first-order valence-electron chi connectivity index (χ1n) is 9.57. The molecule has 0 saturated heterocycles. The van der Waals surface area contributed by atoms with Crippen molar-refractivity contribution in [2.75, 3.05) is 10.6 Å². The van der Waals surface area contributed by atoms with Gasteiger partial charge in [-0.3, -0.25) is 19.2 Å². The number of anilines is 1. The maximum absolute atomic E-state index is 13.0. The standard InChI is InChI=1S/C21H27N3O5S/c1-6-19(17-10-7-14(2)8-11-17)22-21(25)16(4)23(30(5,28)29)20-13-18(24(26)27)12-9-15(20)3/h7-13,16,19H,6H2,1-5H3,(H,22,25)/t16-,19-/m0/s1. The second-order valence-corrected chi connectivity index (χ2v) is 9.20. The van der Waals surface area contributed by atoms with Crippen molar-refractivity contribution in [2.45, 2.75) is 46.2 Å². The van der Waals surface area contributed by atoms with Crippen LogP contribution in [0.15, 0.2) is 42.5 Å². The van der Waals surface area contributed by atoms with Crippen LogP contribution in [-0.2, 0) is 14.8 Å². The minimum atomic E-state index is -3.89. The molecule has 0 saturated carbocycles. The first-order chi connectivity index (χ1) is 14.0. The summed E-state index contributed by atoms with van der Waals surface area (Å²) in [5.74, 6) is -0.487. The van der Waals surface area contributed by atoms with Crippen molar-refractivity contribution in [2.24, 2.45) is 0 Å². The van der Waals surface area contributed by atoms with E-state index in [4.69, 9.17) is 0 Å². The molecule has 30 heavy (non-hydrogen) atoms. The molecule has 162 valence electrons. The van der Waals surface area contributed by atoms with Gasteiger partial charge in [-0.25, -0.2) is 8.42 Å². The zero-order valence-electron chi connectivity index (χ0n) is 17.7. The molecule has 0 heterocycles. The smallest absolute Gasteiger partial charge is 0.271 e. The van der Waals surface area contributed by atoms with E-state index in [-0.39, 0.29) is 17.4 Å². The van der Waals surface area contributed by atoms with E-state index in [9.17, 15) is 23.3 Å². The van der Waals surface area contributed by atoms with Crippen molar-refractivity contribution in [3.05, 3.63) is 69.3 Å². The number of carbonyl (C=O) groups is 1. The predicted molar refractivity (Wildman–Crippen MR) is 117 cm³/mol. The lowest BCUT2D eigenvalue weighted by Crippen LogP contribution is -2.48. The van der Waals surface area contributed by atoms with Gasteiger partial charge in [-0.15, -0.1) is 0 Å². The van der Waals surface area contributed by atoms with Gasteiger partial charge >= 0.3 is 0 Å². The number of carbonyl (C=O) groups excluding carboxylic acids is 1. The number of non-ortho nitro benzene ring substituents is 1. The molecular formula is C21H27N3O5S. The van der Waals surface area contributed by atoms with E-state index in [1.807, 2.05) is 38.1 Å². The van der Waals surface area contributed by atoms with Gasteiger partial charge in [0.1, 0.15) is 6.04 Å². The highest BCUT2D eigenvalue weighted by molar-refractivity contribution is 7.92. The normalized spacial score (nSPS) is 13.4. The molecule has 0 spiro atoms. The molecule has 0 bridgehead atoms. The SMILES string of the molecule is CC[C@H](NC(=O)[C@H](C)N(c1cc([N+](=O)[O-])ccc1C)S(C)(=O)=O)c1ccc(C)cc1. The number of aryl methyl sites for hydroxylation is 2. The molecule has 1 amide bonds. The van der Waals surface area contributed by atoms with Crippen molar-refractivity contribution < 1.29 is 18.1 Å². The minimum absolute atomic E-state index is 0.109. The number of benzene rings is 2. The fourth-order valence-corrected chi connectivity index (χ4v) is 4.47. The Morgan fingerprint density at radius 3 is 2.27 bits per heavy atom. The maximum Gasteiger partial charge on any atom is 0.271 e. The molecule has 2 atom stereocenters. The number of nitro groups is 1. The molecule has 0 aliphatic carbocycles. The Bertz CT molecular complexity index is 1040. The lowest BCUT2D eigenvalue weighted by atomic mass is 10.0. The van der Waals surface area contributed by atoms with Crippen molar-refractivity contribution in [3.63, 3.8) is 0 Å². The molecule has 1 N–H and O–H groups in total. The summed E-state index contributed by atoms with van der Waals surface area (Å²) in [7, 11) is -3.89. The molecule has 2 aromatic rings. The second kappa shape index (κ2) is 9.25. The predicted octanol–water partition coefficient (Wildman–Crippen LogP) is 3.63. The van der Waals surface area contributed by atoms with Crippen molar-refractivity contribution >= 4 is 27.3 Å². The highest BCUT2D eigenvalue weighted by Crippen LogP contribution is 2.29. The van der Waals surface area contributed by atoms with Gasteiger partial charge in [-0.2, -0.15) is 0 Å². The van der Waals surface area contributed by atoms with Crippen LogP contribution in [0.5, 0.6) is 0 Å². The Morgan fingerprint density at radius 1 is 1.17 bits per heavy atom. The molecule has 0 aromatic heterocycles. The van der Waals surface area contributed by atoms with E-state index in [1.165, 1.54) is 25.1 Å². The maximum atomic E-state index is 13.0. The highest BCUT2D eigenvalue weighted by Gasteiger charge is 2.32. The second-order valence-electron chi connectivity index (χ2n) is 7.34. The summed E-state index contributed by atoms with van der Waals surface area (Å²) in [4.78, 5) is 23.6. The quantitative estimate of drug-likeness (QED) is 0.505. The number of hydrogen-bond donors (Lipinski definition) is 1. The third kappa shape index (κ3) is 5.35. The summed E-state index contributed by atoms with van der Waals surface area (Å²) in [5, 5.41) is 14.1. The van der Waals surface area contributed by atoms with Crippen LogP contribution in [0.3, 0.4) is 0 Å². The van der Waals surface area contributed by atoms with Gasteiger partial charge in [0.05, 0.1) is 22.9 Å². The fourth-order valence-electron chi connectivity index (χ4n) is 3.24. The van der Waals surface area contributed by atoms with Crippen LogP contribution in [0.25, 0.3) is 0 Å². The van der Waals surface area contributed by atoms with E-state index in [2.05, 4.69) is 5.32 Å². The Kier molecular flexibility index (Phi) is 7.20.